The first kappa shape index (κ1) is 11.3. The van der Waals surface area contributed by atoms with Crippen molar-refractivity contribution < 1.29 is 56.8 Å². The monoisotopic (exact) mass is 327 g/mol. The third-order valence-corrected chi connectivity index (χ3v) is 1.73. The minimum absolute atomic E-state index is 0.146. The van der Waals surface area contributed by atoms with Crippen molar-refractivity contribution in [3.8, 4) is 0 Å². The van der Waals surface area contributed by atoms with E-state index < -0.39 is 18.0 Å². The molecule has 0 unspecified atom stereocenters. The summed E-state index contributed by atoms with van der Waals surface area (Å²) in [6.45, 7) is 0. The van der Waals surface area contributed by atoms with Crippen LogP contribution in [0.2, 0.25) is 0 Å². The van der Waals surface area contributed by atoms with Gasteiger partial charge in [-0.25, -0.2) is 0 Å². The van der Waals surface area contributed by atoms with Gasteiger partial charge in [-0.1, -0.05) is 0 Å². The van der Waals surface area contributed by atoms with E-state index >= 15 is 0 Å². The zero-order chi connectivity index (χ0) is 8.85. The Hall–Kier alpha value is 0.277. The van der Waals surface area contributed by atoms with Gasteiger partial charge < -0.3 is 0 Å². The van der Waals surface area contributed by atoms with Crippen LogP contribution in [0.1, 0.15) is 6.42 Å². The molecule has 5 nitrogen and oxygen atoms in total. The second-order valence-corrected chi connectivity index (χ2v) is 2.49. The Morgan fingerprint density at radius 2 is 1.91 bits per heavy atom. The molecule has 0 aromatic rings. The molecule has 0 radical (unpaired) electrons. The Bertz CT molecular complexity index is 162. The third-order valence-electron chi connectivity index (χ3n) is 0.864. The molecule has 7 heteroatoms. The van der Waals surface area contributed by atoms with E-state index in [1.165, 1.54) is 0 Å². The first-order chi connectivity index (χ1) is 5.11. The molecule has 11 heavy (non-hydrogen) atoms. The number of carbonyl (C=O) groups excluding carboxylic acids is 2. The Morgan fingerprint density at radius 1 is 1.36 bits per heavy atom. The van der Waals surface area contributed by atoms with Crippen molar-refractivity contribution >= 4 is 11.9 Å². The van der Waals surface area contributed by atoms with Gasteiger partial charge in [0.15, 0.2) is 0 Å². The van der Waals surface area contributed by atoms with Crippen LogP contribution in [0.15, 0.2) is 0 Å². The molecule has 0 bridgehead atoms. The van der Waals surface area contributed by atoms with Crippen molar-refractivity contribution in [1.82, 2.24) is 0 Å². The van der Waals surface area contributed by atoms with Crippen LogP contribution in [-0.4, -0.2) is 18.0 Å². The molecule has 0 saturated carbocycles. The summed E-state index contributed by atoms with van der Waals surface area (Å²) in [4.78, 5) is 21.1. The molecule has 0 amide bonds. The molecule has 0 aromatic heterocycles. The van der Waals surface area contributed by atoms with Crippen molar-refractivity contribution in [3.63, 3.8) is 0 Å². The van der Waals surface area contributed by atoms with Gasteiger partial charge in [0, 0.05) is 0 Å². The van der Waals surface area contributed by atoms with Gasteiger partial charge in [0.1, 0.15) is 0 Å². The first-order valence-corrected chi connectivity index (χ1v) is 4.17. The van der Waals surface area contributed by atoms with Crippen LogP contribution in [0.4, 0.5) is 0 Å². The van der Waals surface area contributed by atoms with Gasteiger partial charge in [-0.15, -0.1) is 0 Å². The van der Waals surface area contributed by atoms with Crippen LogP contribution >= 0.6 is 0 Å². The van der Waals surface area contributed by atoms with Gasteiger partial charge in [0.25, 0.3) is 0 Å². The van der Waals surface area contributed by atoms with Crippen LogP contribution in [0.5, 0.6) is 0 Å². The van der Waals surface area contributed by atoms with E-state index in [9.17, 15) is 9.59 Å². The number of nitrogens with two attached hydrogens (primary N) is 1. The van der Waals surface area contributed by atoms with Crippen LogP contribution in [0.25, 0.3) is 0 Å². The van der Waals surface area contributed by atoms with Crippen molar-refractivity contribution in [2.75, 3.05) is 0 Å². The fourth-order valence-electron chi connectivity index (χ4n) is 0.359. The van der Waals surface area contributed by atoms with Gasteiger partial charge in [-0.2, -0.15) is 0 Å². The number of hydrogen-bond donors (Lipinski definition) is 1. The topological polar surface area (TPSA) is 78.6 Å². The summed E-state index contributed by atoms with van der Waals surface area (Å²) in [5.74, 6) is -1.13. The molecule has 0 saturated heterocycles. The summed E-state index contributed by atoms with van der Waals surface area (Å²) in [6.07, 6.45) is -0.146. The number of carbonyl (C=O) groups is 2. The normalized spacial score (nSPS) is 11.7. The summed E-state index contributed by atoms with van der Waals surface area (Å²) in [7, 11) is 0. The quantitative estimate of drug-likeness (QED) is 0.654. The van der Waals surface area contributed by atoms with Crippen molar-refractivity contribution in [1.29, 1.82) is 0 Å². The molecular formula is C4H5Mo2NO4. The van der Waals surface area contributed by atoms with Crippen molar-refractivity contribution in [2.24, 2.45) is 5.73 Å². The Kier molecular flexibility index (Phi) is 6.02. The zero-order valence-electron chi connectivity index (χ0n) is 5.31. The fourth-order valence-corrected chi connectivity index (χ4v) is 0.830. The van der Waals surface area contributed by atoms with Gasteiger partial charge in [-0.3, -0.25) is 0 Å². The number of rotatable bonds is 3. The summed E-state index contributed by atoms with van der Waals surface area (Å²) in [6, 6.07) is -0.920. The molecule has 2 N–H and O–H groups in total. The molecule has 0 aromatic carbocycles. The summed E-state index contributed by atoms with van der Waals surface area (Å²) in [5.41, 5.74) is 5.23. The Labute approximate surface area is 86.7 Å². The summed E-state index contributed by atoms with van der Waals surface area (Å²) < 4.78 is 8.60. The molecular weight excluding hydrogens is 318 g/mol. The summed E-state index contributed by atoms with van der Waals surface area (Å²) >= 11 is 2.31. The molecule has 0 aliphatic rings. The molecule has 0 aliphatic heterocycles. The van der Waals surface area contributed by atoms with Gasteiger partial charge in [0.05, 0.1) is 0 Å². The van der Waals surface area contributed by atoms with Crippen molar-refractivity contribution in [3.05, 3.63) is 0 Å². The second-order valence-electron chi connectivity index (χ2n) is 1.67. The van der Waals surface area contributed by atoms with Gasteiger partial charge in [-0.05, 0) is 0 Å². The van der Waals surface area contributed by atoms with Gasteiger partial charge >= 0.3 is 86.9 Å². The maximum absolute atomic E-state index is 10.6. The Morgan fingerprint density at radius 3 is 2.27 bits per heavy atom. The van der Waals surface area contributed by atoms with Crippen LogP contribution in [-0.2, 0) is 56.8 Å². The fraction of sp³-hybridized carbons (Fsp3) is 0.500. The standard InChI is InChI=1S/C4H7NO4.2Mo/c5-2(4(8)9)1-3(6)7;;/h2H,1,5H2,(H,6,7)(H,8,9);;/q;2*+1/p-2/t2-;;/m0../s1. The molecule has 0 aliphatic carbocycles. The molecule has 1 atom stereocenters. The van der Waals surface area contributed by atoms with E-state index in [2.05, 4.69) is 6.78 Å². The van der Waals surface area contributed by atoms with Crippen LogP contribution in [0.3, 0.4) is 0 Å². The van der Waals surface area contributed by atoms with E-state index in [-0.39, 0.29) is 6.42 Å². The van der Waals surface area contributed by atoms with Crippen LogP contribution in [0, 0.1) is 0 Å². The SMILES string of the molecule is N[C@@H](CC(=O)[O][Mo])C(=O)[O][Mo]. The Balaban J connectivity index is 3.77. The van der Waals surface area contributed by atoms with E-state index in [1.807, 2.05) is 0 Å². The van der Waals surface area contributed by atoms with Crippen LogP contribution < -0.4 is 5.73 Å². The first-order valence-electron chi connectivity index (χ1n) is 2.53. The van der Waals surface area contributed by atoms with E-state index in [0.29, 0.717) is 0 Å². The zero-order valence-corrected chi connectivity index (χ0v) is 9.33. The van der Waals surface area contributed by atoms with E-state index in [0.717, 1.165) is 40.4 Å². The van der Waals surface area contributed by atoms with Gasteiger partial charge in [0.2, 0.25) is 0 Å². The predicted molar refractivity (Wildman–Crippen MR) is 24.8 cm³/mol. The average molecular weight is 323 g/mol. The average Bonchev–Trinajstić information content (AvgIpc) is 2.02. The molecule has 0 rings (SSSR count). The van der Waals surface area contributed by atoms with Crippen molar-refractivity contribution in [2.45, 2.75) is 12.5 Å². The van der Waals surface area contributed by atoms with E-state index in [4.69, 9.17) is 5.73 Å². The third kappa shape index (κ3) is 4.67. The second kappa shape index (κ2) is 5.87. The maximum atomic E-state index is 10.6. The minimum atomic E-state index is -0.920. The summed E-state index contributed by atoms with van der Waals surface area (Å²) in [5, 5.41) is 0. The predicted octanol–water partition coefficient (Wildman–Crippen LogP) is -1.29. The van der Waals surface area contributed by atoms with E-state index in [1.54, 1.807) is 0 Å². The number of hydrogen-bond acceptors (Lipinski definition) is 5. The molecule has 0 fully saturated rings. The molecule has 0 heterocycles. The molecule has 62 valence electrons. The molecule has 0 spiro atoms.